The highest BCUT2D eigenvalue weighted by Gasteiger charge is 2.24. The summed E-state index contributed by atoms with van der Waals surface area (Å²) in [4.78, 5) is 27.5. The molecule has 2 aromatic heterocycles. The van der Waals surface area contributed by atoms with E-state index in [4.69, 9.17) is 9.15 Å². The molecule has 0 bridgehead atoms. The first-order chi connectivity index (χ1) is 11.7. The Hall–Kier alpha value is -2.00. The third kappa shape index (κ3) is 6.43. The smallest absolute Gasteiger partial charge is 0.408 e. The lowest BCUT2D eigenvalue weighted by molar-refractivity contribution is -0.138. The zero-order valence-corrected chi connectivity index (χ0v) is 15.8. The topological polar surface area (TPSA) is 102 Å². The second-order valence-electron chi connectivity index (χ2n) is 6.17. The Balaban J connectivity index is 1.83. The fourth-order valence-electron chi connectivity index (χ4n) is 1.79. The minimum atomic E-state index is -1.10. The summed E-state index contributed by atoms with van der Waals surface area (Å²) in [5.74, 6) is 0.350. The average Bonchev–Trinajstić information content (AvgIpc) is 3.15. The molecule has 1 unspecified atom stereocenters. The van der Waals surface area contributed by atoms with Crippen LogP contribution in [0.4, 0.5) is 4.79 Å². The molecule has 0 radical (unpaired) electrons. The van der Waals surface area contributed by atoms with E-state index < -0.39 is 23.7 Å². The number of aliphatic carboxylic acids is 1. The number of rotatable bonds is 7. The van der Waals surface area contributed by atoms with Crippen LogP contribution in [-0.4, -0.2) is 39.5 Å². The van der Waals surface area contributed by atoms with E-state index in [0.29, 0.717) is 11.5 Å². The minimum Gasteiger partial charge on any atom is -0.480 e. The fraction of sp³-hybridized carbons (Fsp3) is 0.438. The number of alkyl carbamates (subject to hydrolysis) is 1. The summed E-state index contributed by atoms with van der Waals surface area (Å²) in [6, 6.07) is 2.61. The van der Waals surface area contributed by atoms with Crippen LogP contribution in [0.2, 0.25) is 0 Å². The molecule has 136 valence electrons. The van der Waals surface area contributed by atoms with Crippen molar-refractivity contribution in [2.75, 3.05) is 5.75 Å². The number of aromatic nitrogens is 1. The Morgan fingerprint density at radius 1 is 1.48 bits per heavy atom. The summed E-state index contributed by atoms with van der Waals surface area (Å²) in [6.45, 7) is 5.15. The van der Waals surface area contributed by atoms with E-state index >= 15 is 0 Å². The molecule has 0 saturated heterocycles. The fourth-order valence-corrected chi connectivity index (χ4v) is 3.62. The lowest BCUT2D eigenvalue weighted by Crippen LogP contribution is -2.44. The molecule has 7 nitrogen and oxygen atoms in total. The molecule has 0 aromatic carbocycles. The standard InChI is InChI=1S/C16H20N2O5S2/c1-16(2,3)23-15(21)18-11(14(19)20)9-24-7-10-8-25-13(17-10)12-5-4-6-22-12/h4-6,8,11H,7,9H2,1-3H3,(H,18,21)(H,19,20). The van der Waals surface area contributed by atoms with E-state index in [1.54, 1.807) is 33.1 Å². The molecule has 9 heteroatoms. The summed E-state index contributed by atoms with van der Waals surface area (Å²) in [7, 11) is 0. The van der Waals surface area contributed by atoms with Gasteiger partial charge in [0.15, 0.2) is 10.8 Å². The van der Waals surface area contributed by atoms with Crippen molar-refractivity contribution >= 4 is 35.2 Å². The highest BCUT2D eigenvalue weighted by atomic mass is 32.2. The van der Waals surface area contributed by atoms with Gasteiger partial charge in [0.05, 0.1) is 12.0 Å². The molecule has 0 spiro atoms. The zero-order chi connectivity index (χ0) is 18.4. The number of thioether (sulfide) groups is 1. The van der Waals surface area contributed by atoms with Crippen LogP contribution in [0.15, 0.2) is 28.2 Å². The van der Waals surface area contributed by atoms with E-state index in [1.165, 1.54) is 23.1 Å². The number of hydrogen-bond acceptors (Lipinski definition) is 7. The zero-order valence-electron chi connectivity index (χ0n) is 14.1. The maximum absolute atomic E-state index is 11.7. The Morgan fingerprint density at radius 2 is 2.24 bits per heavy atom. The van der Waals surface area contributed by atoms with Gasteiger partial charge in [0.2, 0.25) is 0 Å². The van der Waals surface area contributed by atoms with Crippen LogP contribution < -0.4 is 5.32 Å². The molecule has 2 heterocycles. The highest BCUT2D eigenvalue weighted by Crippen LogP contribution is 2.25. The number of carbonyl (C=O) groups is 2. The second-order valence-corrected chi connectivity index (χ2v) is 8.06. The van der Waals surface area contributed by atoms with Crippen molar-refractivity contribution < 1.29 is 23.8 Å². The monoisotopic (exact) mass is 384 g/mol. The number of nitrogens with zero attached hydrogens (tertiary/aromatic N) is 1. The van der Waals surface area contributed by atoms with E-state index in [9.17, 15) is 14.7 Å². The quantitative estimate of drug-likeness (QED) is 0.752. The van der Waals surface area contributed by atoms with Gasteiger partial charge in [-0.05, 0) is 32.9 Å². The molecule has 1 amide bonds. The number of carbonyl (C=O) groups excluding carboxylic acids is 1. The number of hydrogen-bond donors (Lipinski definition) is 2. The number of furan rings is 1. The normalized spacial score (nSPS) is 12.6. The Kier molecular flexibility index (Phi) is 6.49. The van der Waals surface area contributed by atoms with Gasteiger partial charge in [-0.1, -0.05) is 0 Å². The van der Waals surface area contributed by atoms with Crippen molar-refractivity contribution in [3.63, 3.8) is 0 Å². The number of carboxylic acids is 1. The van der Waals surface area contributed by atoms with Gasteiger partial charge in [0, 0.05) is 16.9 Å². The number of thiazole rings is 1. The van der Waals surface area contributed by atoms with Crippen molar-refractivity contribution in [1.82, 2.24) is 10.3 Å². The Labute approximate surface area is 153 Å². The van der Waals surface area contributed by atoms with Crippen LogP contribution in [0, 0.1) is 0 Å². The van der Waals surface area contributed by atoms with E-state index in [0.717, 1.165) is 10.7 Å². The van der Waals surface area contributed by atoms with Gasteiger partial charge in [-0.25, -0.2) is 14.6 Å². The number of nitrogens with one attached hydrogen (secondary N) is 1. The van der Waals surface area contributed by atoms with Crippen LogP contribution in [-0.2, 0) is 15.3 Å². The molecule has 25 heavy (non-hydrogen) atoms. The second kappa shape index (κ2) is 8.39. The predicted molar refractivity (Wildman–Crippen MR) is 96.8 cm³/mol. The Morgan fingerprint density at radius 3 is 2.84 bits per heavy atom. The largest absolute Gasteiger partial charge is 0.480 e. The lowest BCUT2D eigenvalue weighted by Gasteiger charge is -2.21. The van der Waals surface area contributed by atoms with E-state index in [1.807, 2.05) is 11.4 Å². The summed E-state index contributed by atoms with van der Waals surface area (Å²) >= 11 is 2.84. The van der Waals surface area contributed by atoms with Gasteiger partial charge in [-0.2, -0.15) is 11.8 Å². The molecule has 0 saturated carbocycles. The molecule has 2 aromatic rings. The molecule has 1 atom stereocenters. The number of amides is 1. The first-order valence-corrected chi connectivity index (χ1v) is 9.56. The molecule has 2 N–H and O–H groups in total. The molecular formula is C16H20N2O5S2. The number of ether oxygens (including phenoxy) is 1. The maximum atomic E-state index is 11.7. The van der Waals surface area contributed by atoms with Crippen LogP contribution in [0.5, 0.6) is 0 Å². The van der Waals surface area contributed by atoms with E-state index in [-0.39, 0.29) is 5.75 Å². The van der Waals surface area contributed by atoms with Crippen molar-refractivity contribution in [2.45, 2.75) is 38.2 Å². The third-order valence-electron chi connectivity index (χ3n) is 2.81. The van der Waals surface area contributed by atoms with Gasteiger partial charge in [-0.15, -0.1) is 11.3 Å². The lowest BCUT2D eigenvalue weighted by atomic mass is 10.2. The van der Waals surface area contributed by atoms with Crippen LogP contribution in [0.3, 0.4) is 0 Å². The Bertz CT molecular complexity index is 706. The van der Waals surface area contributed by atoms with Gasteiger partial charge in [0.1, 0.15) is 11.6 Å². The van der Waals surface area contributed by atoms with Crippen LogP contribution >= 0.6 is 23.1 Å². The summed E-state index contributed by atoms with van der Waals surface area (Å²) in [5, 5.41) is 14.3. The molecule has 2 rings (SSSR count). The average molecular weight is 384 g/mol. The first-order valence-electron chi connectivity index (χ1n) is 7.53. The van der Waals surface area contributed by atoms with Gasteiger partial charge < -0.3 is 19.6 Å². The third-order valence-corrected chi connectivity index (χ3v) is 4.78. The molecular weight excluding hydrogens is 364 g/mol. The van der Waals surface area contributed by atoms with Crippen molar-refractivity contribution in [1.29, 1.82) is 0 Å². The molecule has 0 aliphatic rings. The summed E-state index contributed by atoms with van der Waals surface area (Å²) < 4.78 is 10.4. The van der Waals surface area contributed by atoms with Crippen LogP contribution in [0.25, 0.3) is 10.8 Å². The summed E-state index contributed by atoms with van der Waals surface area (Å²) in [6.07, 6.45) is 0.847. The minimum absolute atomic E-state index is 0.211. The molecule has 0 aliphatic heterocycles. The van der Waals surface area contributed by atoms with Crippen molar-refractivity contribution in [2.24, 2.45) is 0 Å². The SMILES string of the molecule is CC(C)(C)OC(=O)NC(CSCc1csc(-c2ccco2)n1)C(=O)O. The molecule has 0 fully saturated rings. The van der Waals surface area contributed by atoms with Crippen molar-refractivity contribution in [3.8, 4) is 10.8 Å². The van der Waals surface area contributed by atoms with Gasteiger partial charge in [-0.3, -0.25) is 0 Å². The van der Waals surface area contributed by atoms with Crippen LogP contribution in [0.1, 0.15) is 26.5 Å². The van der Waals surface area contributed by atoms with E-state index in [2.05, 4.69) is 10.3 Å². The van der Waals surface area contributed by atoms with Gasteiger partial charge >= 0.3 is 12.1 Å². The van der Waals surface area contributed by atoms with Crippen molar-refractivity contribution in [3.05, 3.63) is 29.5 Å². The number of carboxylic acid groups (broad SMARTS) is 1. The van der Waals surface area contributed by atoms with Gasteiger partial charge in [0.25, 0.3) is 0 Å². The first kappa shape index (κ1) is 19.3. The highest BCUT2D eigenvalue weighted by molar-refractivity contribution is 7.98. The summed E-state index contributed by atoms with van der Waals surface area (Å²) in [5.41, 5.74) is 0.158. The maximum Gasteiger partial charge on any atom is 0.408 e. The predicted octanol–water partition coefficient (Wildman–Crippen LogP) is 3.61. The molecule has 0 aliphatic carbocycles.